The molecule has 0 radical (unpaired) electrons. The Morgan fingerprint density at radius 1 is 1.00 bits per heavy atom. The second kappa shape index (κ2) is 8.02. The van der Waals surface area contributed by atoms with Crippen molar-refractivity contribution >= 4 is 0 Å². The van der Waals surface area contributed by atoms with Gasteiger partial charge in [-0.3, -0.25) is 0 Å². The third-order valence-electron chi connectivity index (χ3n) is 12.9. The van der Waals surface area contributed by atoms with Crippen molar-refractivity contribution in [1.29, 1.82) is 0 Å². The standard InChI is InChI=1S/C30H50O6/c1-17(14-21(32)24(33)26(4,5)34)18-8-10-27(6)19(18)15-20(31)23-28(27,7)11-9-22-25(2,3)30(35)13-12-29(22,23)16-36-30/h14,18-24,31-35H,8-13,15-16H2,1-7H3/b17-14-/t18-,19-,20-,21?,22+,23+,24?,27-,28-,29-,30+/m1/s1. The lowest BCUT2D eigenvalue weighted by Gasteiger charge is -2.74. The number of allylic oxidation sites excluding steroid dienone is 1. The smallest absolute Gasteiger partial charge is 0.170 e. The predicted octanol–water partition coefficient (Wildman–Crippen LogP) is 3.78. The Morgan fingerprint density at radius 3 is 2.22 bits per heavy atom. The van der Waals surface area contributed by atoms with Crippen molar-refractivity contribution in [2.75, 3.05) is 6.61 Å². The fraction of sp³-hybridized carbons (Fsp3) is 0.933. The summed E-state index contributed by atoms with van der Waals surface area (Å²) in [6.07, 6.45) is 5.37. The molecule has 2 unspecified atom stereocenters. The Balaban J connectivity index is 1.47. The Morgan fingerprint density at radius 2 is 1.64 bits per heavy atom. The summed E-state index contributed by atoms with van der Waals surface area (Å²) in [6.45, 7) is 14.8. The van der Waals surface area contributed by atoms with E-state index in [0.717, 1.165) is 44.1 Å². The number of rotatable bonds is 4. The van der Waals surface area contributed by atoms with Crippen molar-refractivity contribution in [3.8, 4) is 0 Å². The molecule has 0 aromatic heterocycles. The molecule has 6 heteroatoms. The van der Waals surface area contributed by atoms with E-state index in [2.05, 4.69) is 27.7 Å². The number of aliphatic hydroxyl groups excluding tert-OH is 3. The Bertz CT molecular complexity index is 911. The maximum absolute atomic E-state index is 11.9. The number of ether oxygens (including phenoxy) is 1. The summed E-state index contributed by atoms with van der Waals surface area (Å²) >= 11 is 0. The lowest BCUT2D eigenvalue weighted by molar-refractivity contribution is -0.404. The van der Waals surface area contributed by atoms with Crippen molar-refractivity contribution in [3.05, 3.63) is 11.6 Å². The van der Waals surface area contributed by atoms with E-state index in [1.54, 1.807) is 6.08 Å². The van der Waals surface area contributed by atoms with Crippen LogP contribution in [0.3, 0.4) is 0 Å². The van der Waals surface area contributed by atoms with E-state index in [1.165, 1.54) is 13.8 Å². The highest BCUT2D eigenvalue weighted by Crippen LogP contribution is 2.77. The van der Waals surface area contributed by atoms with Crippen molar-refractivity contribution in [3.63, 3.8) is 0 Å². The topological polar surface area (TPSA) is 110 Å². The monoisotopic (exact) mass is 506 g/mol. The van der Waals surface area contributed by atoms with Crippen LogP contribution in [0, 0.1) is 45.3 Å². The molecule has 2 bridgehead atoms. The predicted molar refractivity (Wildman–Crippen MR) is 138 cm³/mol. The molecule has 36 heavy (non-hydrogen) atoms. The van der Waals surface area contributed by atoms with Crippen LogP contribution in [0.25, 0.3) is 0 Å². The van der Waals surface area contributed by atoms with Crippen LogP contribution in [0.5, 0.6) is 0 Å². The molecule has 6 aliphatic rings. The molecule has 2 heterocycles. The first-order chi connectivity index (χ1) is 16.4. The molecule has 1 spiro atoms. The third-order valence-corrected chi connectivity index (χ3v) is 12.9. The first-order valence-corrected chi connectivity index (χ1v) is 14.3. The fourth-order valence-electron chi connectivity index (χ4n) is 10.6. The molecule has 5 N–H and O–H groups in total. The fourth-order valence-corrected chi connectivity index (χ4v) is 10.6. The number of hydrogen-bond acceptors (Lipinski definition) is 6. The molecule has 11 atom stereocenters. The average Bonchev–Trinajstić information content (AvgIpc) is 3.11. The van der Waals surface area contributed by atoms with E-state index in [-0.39, 0.29) is 33.5 Å². The van der Waals surface area contributed by atoms with Gasteiger partial charge >= 0.3 is 0 Å². The molecule has 4 saturated carbocycles. The summed E-state index contributed by atoms with van der Waals surface area (Å²) < 4.78 is 6.24. The summed E-state index contributed by atoms with van der Waals surface area (Å²) in [7, 11) is 0. The molecule has 6 fully saturated rings. The highest BCUT2D eigenvalue weighted by molar-refractivity contribution is 5.25. The van der Waals surface area contributed by atoms with Gasteiger partial charge in [-0.15, -0.1) is 0 Å². The normalized spacial score (nSPS) is 51.8. The summed E-state index contributed by atoms with van der Waals surface area (Å²) in [4.78, 5) is 0. The van der Waals surface area contributed by atoms with Crippen LogP contribution < -0.4 is 0 Å². The minimum atomic E-state index is -1.39. The largest absolute Gasteiger partial charge is 0.393 e. The van der Waals surface area contributed by atoms with Crippen LogP contribution in [0.4, 0.5) is 0 Å². The summed E-state index contributed by atoms with van der Waals surface area (Å²) in [5, 5.41) is 54.4. The minimum absolute atomic E-state index is 0.0433. The van der Waals surface area contributed by atoms with Crippen molar-refractivity contribution in [2.24, 2.45) is 45.3 Å². The van der Waals surface area contributed by atoms with Crippen molar-refractivity contribution < 1.29 is 30.3 Å². The lowest BCUT2D eigenvalue weighted by atomic mass is 9.33. The molecule has 2 saturated heterocycles. The van der Waals surface area contributed by atoms with Gasteiger partial charge in [0.1, 0.15) is 12.2 Å². The van der Waals surface area contributed by atoms with Crippen LogP contribution >= 0.6 is 0 Å². The van der Waals surface area contributed by atoms with Gasteiger partial charge in [-0.1, -0.05) is 39.3 Å². The van der Waals surface area contributed by atoms with E-state index in [4.69, 9.17) is 4.74 Å². The van der Waals surface area contributed by atoms with E-state index >= 15 is 0 Å². The van der Waals surface area contributed by atoms with E-state index in [1.807, 2.05) is 6.92 Å². The lowest BCUT2D eigenvalue weighted by Crippen LogP contribution is -2.75. The maximum atomic E-state index is 11.9. The first kappa shape index (κ1) is 27.1. The SMILES string of the molecule is C/C(=C/C(O)C(O)C(C)(C)O)[C@H]1CC[C@]2(C)[C@@H]1C[C@@H](O)[C@@H]1[C@]34CC[C@](O)(OC3)C(C)(C)[C@@H]4CC[C@]12C. The van der Waals surface area contributed by atoms with Gasteiger partial charge < -0.3 is 30.3 Å². The van der Waals surface area contributed by atoms with Gasteiger partial charge in [-0.05, 0) is 93.8 Å². The Hall–Kier alpha value is -0.500. The first-order valence-electron chi connectivity index (χ1n) is 14.3. The van der Waals surface area contributed by atoms with Gasteiger partial charge in [-0.25, -0.2) is 0 Å². The zero-order valence-corrected chi connectivity index (χ0v) is 23.4. The van der Waals surface area contributed by atoms with Gasteiger partial charge in [0.05, 0.1) is 18.3 Å². The minimum Gasteiger partial charge on any atom is -0.393 e. The number of hydrogen-bond donors (Lipinski definition) is 5. The molecular weight excluding hydrogens is 456 g/mol. The van der Waals surface area contributed by atoms with Gasteiger partial charge in [0.15, 0.2) is 5.79 Å². The molecule has 0 aromatic carbocycles. The molecule has 0 aromatic rings. The second-order valence-corrected chi connectivity index (χ2v) is 15.0. The van der Waals surface area contributed by atoms with E-state index < -0.39 is 29.7 Å². The summed E-state index contributed by atoms with van der Waals surface area (Å²) in [5.41, 5.74) is -0.779. The Labute approximate surface area is 217 Å². The van der Waals surface area contributed by atoms with Crippen molar-refractivity contribution in [1.82, 2.24) is 0 Å². The van der Waals surface area contributed by atoms with Gasteiger partial charge in [-0.2, -0.15) is 0 Å². The zero-order chi connectivity index (χ0) is 26.7. The molecule has 2 aliphatic heterocycles. The molecular formula is C30H50O6. The van der Waals surface area contributed by atoms with Crippen LogP contribution in [-0.4, -0.2) is 61.8 Å². The number of fused-ring (bicyclic) bond motifs is 5. The zero-order valence-electron chi connectivity index (χ0n) is 23.4. The van der Waals surface area contributed by atoms with Gasteiger partial charge in [0.2, 0.25) is 0 Å². The molecule has 6 rings (SSSR count). The van der Waals surface area contributed by atoms with Crippen LogP contribution in [-0.2, 0) is 4.74 Å². The quantitative estimate of drug-likeness (QED) is 0.371. The van der Waals surface area contributed by atoms with Gasteiger partial charge in [0, 0.05) is 17.3 Å². The van der Waals surface area contributed by atoms with Crippen LogP contribution in [0.15, 0.2) is 11.6 Å². The van der Waals surface area contributed by atoms with Crippen LogP contribution in [0.2, 0.25) is 0 Å². The summed E-state index contributed by atoms with van der Waals surface area (Å²) in [5.74, 6) is -0.0598. The van der Waals surface area contributed by atoms with Gasteiger partial charge in [0.25, 0.3) is 0 Å². The van der Waals surface area contributed by atoms with E-state index in [0.29, 0.717) is 24.9 Å². The van der Waals surface area contributed by atoms with E-state index in [9.17, 15) is 25.5 Å². The Kier molecular flexibility index (Phi) is 6.03. The molecule has 0 amide bonds. The second-order valence-electron chi connectivity index (χ2n) is 15.0. The van der Waals surface area contributed by atoms with Crippen LogP contribution in [0.1, 0.15) is 93.4 Å². The highest BCUT2D eigenvalue weighted by Gasteiger charge is 2.75. The number of aliphatic hydroxyl groups is 5. The summed E-state index contributed by atoms with van der Waals surface area (Å²) in [6, 6.07) is 0. The molecule has 206 valence electrons. The highest BCUT2D eigenvalue weighted by atomic mass is 16.6. The maximum Gasteiger partial charge on any atom is 0.170 e. The molecule has 4 aliphatic carbocycles. The average molecular weight is 507 g/mol. The molecule has 6 nitrogen and oxygen atoms in total. The van der Waals surface area contributed by atoms with Crippen molar-refractivity contribution in [2.45, 2.75) is 123 Å². The third kappa shape index (κ3) is 3.30.